The first-order valence-electron chi connectivity index (χ1n) is 15.5. The Morgan fingerprint density at radius 2 is 1.56 bits per heavy atom. The summed E-state index contributed by atoms with van der Waals surface area (Å²) in [5.74, 6) is -1.17. The Morgan fingerprint density at radius 3 is 2.28 bits per heavy atom. The Labute approximate surface area is 254 Å². The summed E-state index contributed by atoms with van der Waals surface area (Å²) >= 11 is 0. The van der Waals surface area contributed by atoms with Crippen LogP contribution in [0.3, 0.4) is 0 Å². The average Bonchev–Trinajstić information content (AvgIpc) is 3.01. The van der Waals surface area contributed by atoms with E-state index in [1.165, 1.54) is 37.8 Å². The van der Waals surface area contributed by atoms with E-state index in [1.54, 1.807) is 11.9 Å². The minimum Gasteiger partial charge on any atom is -0.507 e. The zero-order chi connectivity index (χ0) is 30.4. The molecule has 7 nitrogen and oxygen atoms in total. The molecule has 8 heteroatoms. The van der Waals surface area contributed by atoms with Crippen molar-refractivity contribution in [3.05, 3.63) is 84.2 Å². The number of hydrogen-bond acceptors (Lipinski definition) is 5. The van der Waals surface area contributed by atoms with Crippen molar-refractivity contribution in [2.24, 2.45) is 0 Å². The maximum atomic E-state index is 13.2. The predicted octanol–water partition coefficient (Wildman–Crippen LogP) is 7.71. The van der Waals surface area contributed by atoms with Crippen LogP contribution < -0.4 is 5.32 Å². The lowest BCUT2D eigenvalue weighted by Crippen LogP contribution is -2.38. The van der Waals surface area contributed by atoms with E-state index in [1.807, 2.05) is 54.6 Å². The molecule has 3 aromatic rings. The molecule has 1 saturated heterocycles. The van der Waals surface area contributed by atoms with Gasteiger partial charge in [0.15, 0.2) is 0 Å². The van der Waals surface area contributed by atoms with E-state index in [0.717, 1.165) is 74.6 Å². The van der Waals surface area contributed by atoms with Gasteiger partial charge in [-0.25, -0.2) is 9.18 Å². The number of phenols is 1. The van der Waals surface area contributed by atoms with Crippen molar-refractivity contribution < 1.29 is 23.8 Å². The van der Waals surface area contributed by atoms with Gasteiger partial charge >= 0.3 is 6.09 Å². The van der Waals surface area contributed by atoms with Crippen LogP contribution in [-0.4, -0.2) is 66.2 Å². The second kappa shape index (κ2) is 16.7. The molecule has 0 atom stereocenters. The lowest BCUT2D eigenvalue weighted by Gasteiger charge is -2.31. The molecule has 2 amide bonds. The van der Waals surface area contributed by atoms with E-state index < -0.39 is 11.9 Å². The minimum absolute atomic E-state index is 0.0594. The van der Waals surface area contributed by atoms with Crippen molar-refractivity contribution in [3.63, 3.8) is 0 Å². The van der Waals surface area contributed by atoms with Gasteiger partial charge in [-0.05, 0) is 56.0 Å². The van der Waals surface area contributed by atoms with Crippen LogP contribution in [-0.2, 0) is 4.74 Å². The quantitative estimate of drug-likeness (QED) is 0.188. The summed E-state index contributed by atoms with van der Waals surface area (Å²) in [6.07, 6.45) is 9.06. The molecule has 3 aromatic carbocycles. The van der Waals surface area contributed by atoms with Crippen LogP contribution in [0.15, 0.2) is 72.8 Å². The number of amides is 2. The first-order valence-corrected chi connectivity index (χ1v) is 15.5. The highest BCUT2D eigenvalue weighted by Crippen LogP contribution is 2.28. The van der Waals surface area contributed by atoms with Crippen LogP contribution in [0.5, 0.6) is 5.75 Å². The number of hydrogen-bond donors (Lipinski definition) is 2. The van der Waals surface area contributed by atoms with Crippen LogP contribution in [0.2, 0.25) is 0 Å². The Balaban J connectivity index is 1.02. The molecule has 43 heavy (non-hydrogen) atoms. The zero-order valence-electron chi connectivity index (χ0n) is 25.1. The SMILES string of the molecule is CN(CCCCCCCCCN1CCC(OC(=O)Nc2ccccc2-c2ccccc2)CC1)C(=O)c1ccc(F)cc1O. The monoisotopic (exact) mass is 589 g/mol. The van der Waals surface area contributed by atoms with Crippen LogP contribution in [0.1, 0.15) is 68.1 Å². The van der Waals surface area contributed by atoms with Crippen molar-refractivity contribution in [1.29, 1.82) is 0 Å². The van der Waals surface area contributed by atoms with Gasteiger partial charge in [-0.1, -0.05) is 80.6 Å². The van der Waals surface area contributed by atoms with Crippen molar-refractivity contribution >= 4 is 17.7 Å². The number of aromatic hydroxyl groups is 1. The number of benzene rings is 3. The van der Waals surface area contributed by atoms with Crippen LogP contribution >= 0.6 is 0 Å². The van der Waals surface area contributed by atoms with Gasteiger partial charge in [-0.2, -0.15) is 0 Å². The number of nitrogens with zero attached hydrogens (tertiary/aromatic N) is 2. The fourth-order valence-electron chi connectivity index (χ4n) is 5.56. The Morgan fingerprint density at radius 1 is 0.907 bits per heavy atom. The van der Waals surface area contributed by atoms with E-state index in [9.17, 15) is 19.1 Å². The molecule has 1 fully saturated rings. The van der Waals surface area contributed by atoms with E-state index in [-0.39, 0.29) is 23.3 Å². The summed E-state index contributed by atoms with van der Waals surface area (Å²) in [4.78, 5) is 29.1. The third kappa shape index (κ3) is 10.1. The molecule has 230 valence electrons. The largest absolute Gasteiger partial charge is 0.507 e. The average molecular weight is 590 g/mol. The van der Waals surface area contributed by atoms with Gasteiger partial charge in [-0.3, -0.25) is 10.1 Å². The van der Waals surface area contributed by atoms with Crippen LogP contribution in [0.4, 0.5) is 14.9 Å². The fraction of sp³-hybridized carbons (Fsp3) is 0.429. The number of rotatable bonds is 14. The number of phenolic OH excluding ortho intramolecular Hbond substituents is 1. The number of unbranched alkanes of at least 4 members (excludes halogenated alkanes) is 6. The van der Waals surface area contributed by atoms with E-state index in [4.69, 9.17) is 4.74 Å². The highest BCUT2D eigenvalue weighted by atomic mass is 19.1. The Bertz CT molecular complexity index is 1310. The van der Waals surface area contributed by atoms with Gasteiger partial charge < -0.3 is 19.6 Å². The maximum absolute atomic E-state index is 13.2. The van der Waals surface area contributed by atoms with Gasteiger partial charge in [-0.15, -0.1) is 0 Å². The third-order valence-corrected chi connectivity index (χ3v) is 8.06. The maximum Gasteiger partial charge on any atom is 0.411 e. The van der Waals surface area contributed by atoms with Crippen molar-refractivity contribution in [2.75, 3.05) is 38.5 Å². The zero-order valence-corrected chi connectivity index (χ0v) is 25.1. The number of ether oxygens (including phenoxy) is 1. The topological polar surface area (TPSA) is 82.1 Å². The minimum atomic E-state index is -0.561. The molecule has 1 aliphatic heterocycles. The molecule has 1 aliphatic rings. The normalized spacial score (nSPS) is 13.9. The highest BCUT2D eigenvalue weighted by Gasteiger charge is 2.22. The van der Waals surface area contributed by atoms with Crippen LogP contribution in [0, 0.1) is 5.82 Å². The molecule has 0 radical (unpaired) electrons. The summed E-state index contributed by atoms with van der Waals surface area (Å²) < 4.78 is 18.9. The fourth-order valence-corrected chi connectivity index (χ4v) is 5.56. The second-order valence-corrected chi connectivity index (χ2v) is 11.3. The standard InChI is InChI=1S/C35H44FN3O4/c1-38(34(41)31-19-18-28(36)26-33(31)40)22-12-5-3-2-4-6-13-23-39-24-20-29(21-25-39)43-35(42)37-32-17-11-10-16-30(32)27-14-8-7-9-15-27/h7-11,14-19,26,29,40H,2-6,12-13,20-25H2,1H3,(H,37,42). The Kier molecular flexibility index (Phi) is 12.4. The molecular weight excluding hydrogens is 545 g/mol. The van der Waals surface area contributed by atoms with Crippen molar-refractivity contribution in [3.8, 4) is 16.9 Å². The third-order valence-electron chi connectivity index (χ3n) is 8.06. The summed E-state index contributed by atoms with van der Waals surface area (Å²) in [6.45, 7) is 3.57. The molecule has 2 N–H and O–H groups in total. The van der Waals surface area contributed by atoms with Crippen molar-refractivity contribution in [2.45, 2.75) is 63.9 Å². The Hall–Kier alpha value is -3.91. The lowest BCUT2D eigenvalue weighted by atomic mass is 10.0. The van der Waals surface area contributed by atoms with E-state index >= 15 is 0 Å². The molecule has 0 bridgehead atoms. The molecule has 0 aliphatic carbocycles. The number of likely N-dealkylation sites (tertiary alicyclic amines) is 1. The smallest absolute Gasteiger partial charge is 0.411 e. The summed E-state index contributed by atoms with van der Waals surface area (Å²) in [6, 6.07) is 21.3. The van der Waals surface area contributed by atoms with Gasteiger partial charge in [0.05, 0.1) is 11.3 Å². The number of nitrogens with one attached hydrogen (secondary N) is 1. The lowest BCUT2D eigenvalue weighted by molar-refractivity contribution is 0.0584. The number of anilines is 1. The van der Waals surface area contributed by atoms with Gasteiger partial charge in [0.25, 0.3) is 5.91 Å². The molecule has 0 spiro atoms. The summed E-state index contributed by atoms with van der Waals surface area (Å²) in [7, 11) is 1.71. The number of para-hydroxylation sites is 1. The highest BCUT2D eigenvalue weighted by molar-refractivity contribution is 5.96. The number of piperidine rings is 1. The molecule has 0 aromatic heterocycles. The first-order chi connectivity index (χ1) is 20.9. The predicted molar refractivity (Wildman–Crippen MR) is 169 cm³/mol. The number of carbonyl (C=O) groups excluding carboxylic acids is 2. The van der Waals surface area contributed by atoms with Gasteiger partial charge in [0, 0.05) is 38.3 Å². The number of carbonyl (C=O) groups is 2. The first kappa shape index (κ1) is 32.0. The molecule has 0 unspecified atom stereocenters. The van der Waals surface area contributed by atoms with E-state index in [2.05, 4.69) is 10.2 Å². The van der Waals surface area contributed by atoms with Crippen LogP contribution in [0.25, 0.3) is 11.1 Å². The van der Waals surface area contributed by atoms with Gasteiger partial charge in [0.1, 0.15) is 17.7 Å². The second-order valence-electron chi connectivity index (χ2n) is 11.3. The summed E-state index contributed by atoms with van der Waals surface area (Å²) in [5, 5.41) is 12.8. The van der Waals surface area contributed by atoms with E-state index in [0.29, 0.717) is 6.54 Å². The summed E-state index contributed by atoms with van der Waals surface area (Å²) in [5.41, 5.74) is 2.91. The van der Waals surface area contributed by atoms with Gasteiger partial charge in [0.2, 0.25) is 0 Å². The molecule has 1 heterocycles. The van der Waals surface area contributed by atoms with Crippen molar-refractivity contribution in [1.82, 2.24) is 9.80 Å². The molecule has 4 rings (SSSR count). The molecular formula is C35H44FN3O4. The molecule has 0 saturated carbocycles. The number of halogens is 1.